The van der Waals surface area contributed by atoms with Crippen molar-refractivity contribution in [1.82, 2.24) is 0 Å². The molecule has 0 amide bonds. The van der Waals surface area contributed by atoms with E-state index in [0.29, 0.717) is 6.29 Å². The van der Waals surface area contributed by atoms with Gasteiger partial charge in [-0.1, -0.05) is 6.07 Å². The number of aliphatic hydroxyl groups is 1. The Labute approximate surface area is 80.4 Å². The first-order chi connectivity index (χ1) is 6.56. The van der Waals surface area contributed by atoms with E-state index in [2.05, 4.69) is 0 Å². The summed E-state index contributed by atoms with van der Waals surface area (Å²) in [4.78, 5) is 10.3. The van der Waals surface area contributed by atoms with Crippen LogP contribution in [0.4, 0.5) is 0 Å². The molecule has 1 aromatic carbocycles. The minimum absolute atomic E-state index is 0.278. The number of nitrogens with two attached hydrogens (primary N) is 1. The molecule has 0 bridgehead atoms. The van der Waals surface area contributed by atoms with Gasteiger partial charge in [0.05, 0.1) is 6.04 Å². The molecule has 2 atom stereocenters. The van der Waals surface area contributed by atoms with Crippen LogP contribution >= 0.6 is 0 Å². The fourth-order valence-corrected chi connectivity index (χ4v) is 1.02. The Morgan fingerprint density at radius 3 is 2.43 bits per heavy atom. The molecule has 0 saturated heterocycles. The van der Waals surface area contributed by atoms with E-state index >= 15 is 0 Å². The summed E-state index contributed by atoms with van der Waals surface area (Å²) in [5.74, 6) is -0.653. The van der Waals surface area contributed by atoms with Crippen LogP contribution in [0.3, 0.4) is 0 Å². The number of carbonyl (C=O) groups excluding carboxylic acids is 1. The highest BCUT2D eigenvalue weighted by Crippen LogP contribution is 2.28. The summed E-state index contributed by atoms with van der Waals surface area (Å²) in [7, 11) is 0. The van der Waals surface area contributed by atoms with Crippen LogP contribution in [0.15, 0.2) is 18.2 Å². The Morgan fingerprint density at radius 2 is 1.93 bits per heavy atom. The summed E-state index contributed by atoms with van der Waals surface area (Å²) in [6.07, 6.45) is -0.770. The monoisotopic (exact) mass is 197 g/mol. The third-order valence-electron chi connectivity index (χ3n) is 1.86. The molecule has 5 heteroatoms. The molecular formula is C9H11NO4. The topological polar surface area (TPSA) is 104 Å². The fraction of sp³-hybridized carbons (Fsp3) is 0.222. The molecule has 0 aliphatic carbocycles. The maximum Gasteiger partial charge on any atom is 0.157 e. The van der Waals surface area contributed by atoms with Crippen molar-refractivity contribution in [2.45, 2.75) is 12.1 Å². The summed E-state index contributed by atoms with van der Waals surface area (Å²) in [5.41, 5.74) is 5.55. The van der Waals surface area contributed by atoms with Gasteiger partial charge in [-0.15, -0.1) is 0 Å². The number of aromatic hydroxyl groups is 2. The van der Waals surface area contributed by atoms with Crippen molar-refractivity contribution in [3.05, 3.63) is 23.8 Å². The van der Waals surface area contributed by atoms with E-state index in [9.17, 15) is 9.90 Å². The smallest absolute Gasteiger partial charge is 0.157 e. The maximum atomic E-state index is 10.3. The van der Waals surface area contributed by atoms with Crippen molar-refractivity contribution >= 4 is 6.29 Å². The number of carbonyl (C=O) groups is 1. The van der Waals surface area contributed by atoms with E-state index in [-0.39, 0.29) is 17.1 Å². The lowest BCUT2D eigenvalue weighted by Crippen LogP contribution is -2.29. The highest BCUT2D eigenvalue weighted by atomic mass is 16.3. The van der Waals surface area contributed by atoms with Crippen molar-refractivity contribution in [2.75, 3.05) is 0 Å². The van der Waals surface area contributed by atoms with Crippen LogP contribution in [-0.4, -0.2) is 27.6 Å². The fourth-order valence-electron chi connectivity index (χ4n) is 1.02. The van der Waals surface area contributed by atoms with Gasteiger partial charge >= 0.3 is 0 Å². The van der Waals surface area contributed by atoms with Gasteiger partial charge in [-0.25, -0.2) is 0 Å². The average molecular weight is 197 g/mol. The standard InChI is InChI=1S/C9H11NO4/c10-6(4-11)9(14)5-1-2-7(12)8(13)3-5/h1-4,6,9,12-14H,10H2/t6-,9-/m1/s1. The molecule has 76 valence electrons. The first-order valence-corrected chi connectivity index (χ1v) is 3.97. The molecule has 0 spiro atoms. The van der Waals surface area contributed by atoms with Gasteiger partial charge in [-0.2, -0.15) is 0 Å². The Balaban J connectivity index is 2.96. The van der Waals surface area contributed by atoms with Crippen molar-refractivity contribution in [3.8, 4) is 11.5 Å². The minimum atomic E-state index is -1.18. The van der Waals surface area contributed by atoms with E-state index in [1.54, 1.807) is 0 Å². The molecule has 0 saturated carbocycles. The normalized spacial score (nSPS) is 14.7. The van der Waals surface area contributed by atoms with Gasteiger partial charge < -0.3 is 25.8 Å². The quantitative estimate of drug-likeness (QED) is 0.392. The number of aldehydes is 1. The Kier molecular flexibility index (Phi) is 3.06. The summed E-state index contributed by atoms with van der Waals surface area (Å²) in [5, 5.41) is 27.6. The van der Waals surface area contributed by atoms with Crippen LogP contribution in [-0.2, 0) is 4.79 Å². The molecule has 5 nitrogen and oxygen atoms in total. The van der Waals surface area contributed by atoms with E-state index in [0.717, 1.165) is 6.07 Å². The molecule has 0 unspecified atom stereocenters. The highest BCUT2D eigenvalue weighted by molar-refractivity contribution is 5.59. The lowest BCUT2D eigenvalue weighted by atomic mass is 10.0. The molecule has 0 aromatic heterocycles. The van der Waals surface area contributed by atoms with Crippen molar-refractivity contribution in [3.63, 3.8) is 0 Å². The van der Waals surface area contributed by atoms with Crippen molar-refractivity contribution in [1.29, 1.82) is 0 Å². The van der Waals surface area contributed by atoms with Crippen molar-refractivity contribution < 1.29 is 20.1 Å². The van der Waals surface area contributed by atoms with Crippen LogP contribution in [0.1, 0.15) is 11.7 Å². The molecule has 0 aliphatic rings. The van der Waals surface area contributed by atoms with Gasteiger partial charge in [0.15, 0.2) is 11.5 Å². The molecule has 0 aliphatic heterocycles. The molecule has 0 fully saturated rings. The van der Waals surface area contributed by atoms with Crippen LogP contribution < -0.4 is 5.73 Å². The summed E-state index contributed by atoms with van der Waals surface area (Å²) in [6.45, 7) is 0. The van der Waals surface area contributed by atoms with Gasteiger partial charge in [0.2, 0.25) is 0 Å². The Hall–Kier alpha value is -1.59. The highest BCUT2D eigenvalue weighted by Gasteiger charge is 2.17. The van der Waals surface area contributed by atoms with Crippen molar-refractivity contribution in [2.24, 2.45) is 5.73 Å². The molecule has 0 heterocycles. The van der Waals surface area contributed by atoms with E-state index in [4.69, 9.17) is 15.9 Å². The van der Waals surface area contributed by atoms with Gasteiger partial charge in [0, 0.05) is 0 Å². The van der Waals surface area contributed by atoms with Gasteiger partial charge in [-0.3, -0.25) is 0 Å². The number of benzene rings is 1. The van der Waals surface area contributed by atoms with E-state index in [1.165, 1.54) is 12.1 Å². The van der Waals surface area contributed by atoms with Gasteiger partial charge in [0.1, 0.15) is 12.4 Å². The molecular weight excluding hydrogens is 186 g/mol. The zero-order chi connectivity index (χ0) is 10.7. The molecule has 0 radical (unpaired) electrons. The number of aliphatic hydroxyl groups excluding tert-OH is 1. The zero-order valence-corrected chi connectivity index (χ0v) is 7.29. The lowest BCUT2D eigenvalue weighted by molar-refractivity contribution is -0.111. The third kappa shape index (κ3) is 2.01. The average Bonchev–Trinajstić information content (AvgIpc) is 2.20. The number of phenolic OH excluding ortho intramolecular Hbond substituents is 2. The number of rotatable bonds is 3. The van der Waals surface area contributed by atoms with Crippen LogP contribution in [0.5, 0.6) is 11.5 Å². The van der Waals surface area contributed by atoms with Gasteiger partial charge in [0.25, 0.3) is 0 Å². The minimum Gasteiger partial charge on any atom is -0.504 e. The molecule has 1 rings (SSSR count). The molecule has 1 aromatic rings. The molecule has 5 N–H and O–H groups in total. The Morgan fingerprint density at radius 1 is 1.29 bits per heavy atom. The summed E-state index contributed by atoms with van der Waals surface area (Å²) in [6, 6.07) is 2.71. The largest absolute Gasteiger partial charge is 0.504 e. The van der Waals surface area contributed by atoms with Crippen LogP contribution in [0, 0.1) is 0 Å². The predicted molar refractivity (Wildman–Crippen MR) is 48.8 cm³/mol. The van der Waals surface area contributed by atoms with E-state index < -0.39 is 12.1 Å². The third-order valence-corrected chi connectivity index (χ3v) is 1.86. The second kappa shape index (κ2) is 4.08. The van der Waals surface area contributed by atoms with Gasteiger partial charge in [-0.05, 0) is 17.7 Å². The number of hydrogen-bond acceptors (Lipinski definition) is 5. The zero-order valence-electron chi connectivity index (χ0n) is 7.29. The maximum absolute atomic E-state index is 10.3. The van der Waals surface area contributed by atoms with Crippen LogP contribution in [0.2, 0.25) is 0 Å². The Bertz CT molecular complexity index is 340. The van der Waals surface area contributed by atoms with E-state index in [1.807, 2.05) is 0 Å². The lowest BCUT2D eigenvalue weighted by Gasteiger charge is -2.13. The van der Waals surface area contributed by atoms with Crippen LogP contribution in [0.25, 0.3) is 0 Å². The second-order valence-electron chi connectivity index (χ2n) is 2.91. The SMILES string of the molecule is N[C@H](C=O)[C@H](O)c1ccc(O)c(O)c1. The number of phenols is 2. The number of hydrogen-bond donors (Lipinski definition) is 4. The first-order valence-electron chi connectivity index (χ1n) is 3.97. The second-order valence-corrected chi connectivity index (χ2v) is 2.91. The first kappa shape index (κ1) is 10.5. The summed E-state index contributed by atoms with van der Waals surface area (Å²) < 4.78 is 0. The molecule has 14 heavy (non-hydrogen) atoms. The predicted octanol–water partition coefficient (Wildman–Crippen LogP) is -0.343. The summed E-state index contributed by atoms with van der Waals surface area (Å²) >= 11 is 0.